The van der Waals surface area contributed by atoms with Gasteiger partial charge in [-0.15, -0.1) is 5.10 Å². The van der Waals surface area contributed by atoms with Crippen LogP contribution in [0.15, 0.2) is 48.5 Å². The van der Waals surface area contributed by atoms with Crippen molar-refractivity contribution in [3.8, 4) is 0 Å². The van der Waals surface area contributed by atoms with E-state index in [1.54, 1.807) is 7.11 Å². The number of aromatic nitrogens is 4. The average Bonchev–Trinajstić information content (AvgIpc) is 3.16. The minimum Gasteiger partial charge on any atom is -0.383 e. The zero-order valence-electron chi connectivity index (χ0n) is 15.9. The minimum atomic E-state index is 0.0193. The van der Waals surface area contributed by atoms with Gasteiger partial charge in [0.1, 0.15) is 0 Å². The van der Waals surface area contributed by atoms with Crippen molar-refractivity contribution in [2.24, 2.45) is 0 Å². The van der Waals surface area contributed by atoms with E-state index in [2.05, 4.69) is 75.9 Å². The molecule has 0 saturated heterocycles. The van der Waals surface area contributed by atoms with Gasteiger partial charge >= 0.3 is 0 Å². The van der Waals surface area contributed by atoms with Crippen LogP contribution in [0.2, 0.25) is 0 Å². The third-order valence-corrected chi connectivity index (χ3v) is 5.23. The molecule has 2 heterocycles. The predicted octanol–water partition coefficient (Wildman–Crippen LogP) is 2.78. The highest BCUT2D eigenvalue weighted by molar-refractivity contribution is 5.32. The second-order valence-electron chi connectivity index (χ2n) is 7.06. The topological polar surface area (TPSA) is 56.1 Å². The number of rotatable bonds is 6. The summed E-state index contributed by atoms with van der Waals surface area (Å²) in [5.41, 5.74) is 5.29. The molecule has 0 bridgehead atoms. The maximum Gasteiger partial charge on any atom is 0.173 e. The lowest BCUT2D eigenvalue weighted by molar-refractivity contribution is 0.170. The first-order chi connectivity index (χ1) is 13.3. The SMILES string of the molecule is COCCn1nnnc1[C@H](c1ccc(C)cc1)N1CCc2ccccc2C1. The molecule has 0 saturated carbocycles. The molecule has 27 heavy (non-hydrogen) atoms. The molecule has 0 fully saturated rings. The van der Waals surface area contributed by atoms with Crippen molar-refractivity contribution < 1.29 is 4.74 Å². The van der Waals surface area contributed by atoms with E-state index >= 15 is 0 Å². The number of nitrogens with zero attached hydrogens (tertiary/aromatic N) is 5. The summed E-state index contributed by atoms with van der Waals surface area (Å²) in [5.74, 6) is 0.871. The van der Waals surface area contributed by atoms with Gasteiger partial charge in [0.05, 0.1) is 19.2 Å². The monoisotopic (exact) mass is 363 g/mol. The summed E-state index contributed by atoms with van der Waals surface area (Å²) >= 11 is 0. The van der Waals surface area contributed by atoms with E-state index in [0.717, 1.165) is 25.3 Å². The Hall–Kier alpha value is -2.57. The maximum absolute atomic E-state index is 5.23. The van der Waals surface area contributed by atoms with E-state index in [1.807, 2.05) is 4.68 Å². The summed E-state index contributed by atoms with van der Waals surface area (Å²) < 4.78 is 7.10. The van der Waals surface area contributed by atoms with Crippen LogP contribution in [0.4, 0.5) is 0 Å². The lowest BCUT2D eigenvalue weighted by Crippen LogP contribution is -2.36. The van der Waals surface area contributed by atoms with E-state index in [4.69, 9.17) is 4.74 Å². The molecule has 140 valence electrons. The number of tetrazole rings is 1. The summed E-state index contributed by atoms with van der Waals surface area (Å²) in [7, 11) is 1.70. The molecule has 0 amide bonds. The Morgan fingerprint density at radius 3 is 2.63 bits per heavy atom. The highest BCUT2D eigenvalue weighted by atomic mass is 16.5. The Bertz CT molecular complexity index is 890. The van der Waals surface area contributed by atoms with Crippen LogP contribution in [0, 0.1) is 6.92 Å². The smallest absolute Gasteiger partial charge is 0.173 e. The molecule has 0 aliphatic carbocycles. The fourth-order valence-electron chi connectivity index (χ4n) is 3.75. The highest BCUT2D eigenvalue weighted by Crippen LogP contribution is 2.32. The van der Waals surface area contributed by atoms with Gasteiger partial charge in [0, 0.05) is 20.2 Å². The van der Waals surface area contributed by atoms with Crippen LogP contribution in [0.5, 0.6) is 0 Å². The molecular formula is C21H25N5O. The predicted molar refractivity (Wildman–Crippen MR) is 103 cm³/mol. The Kier molecular flexibility index (Phi) is 5.27. The molecule has 0 radical (unpaired) electrons. The lowest BCUT2D eigenvalue weighted by atomic mass is 9.95. The van der Waals surface area contributed by atoms with Crippen molar-refractivity contribution in [2.75, 3.05) is 20.3 Å². The first-order valence-corrected chi connectivity index (χ1v) is 9.38. The zero-order chi connectivity index (χ0) is 18.6. The van der Waals surface area contributed by atoms with Crippen molar-refractivity contribution in [2.45, 2.75) is 32.5 Å². The van der Waals surface area contributed by atoms with Crippen LogP contribution < -0.4 is 0 Å². The van der Waals surface area contributed by atoms with E-state index in [0.29, 0.717) is 13.2 Å². The molecule has 1 aliphatic heterocycles. The standard InChI is InChI=1S/C21H25N5O/c1-16-7-9-18(10-8-16)20(21-22-23-24-26(21)13-14-27-2)25-12-11-17-5-3-4-6-19(17)15-25/h3-10,20H,11-15H2,1-2H3/t20-/m0/s1. The molecular weight excluding hydrogens is 338 g/mol. The van der Waals surface area contributed by atoms with Gasteiger partial charge in [-0.1, -0.05) is 54.1 Å². The molecule has 1 atom stereocenters. The van der Waals surface area contributed by atoms with Gasteiger partial charge in [-0.05, 0) is 40.5 Å². The normalized spacial score (nSPS) is 15.5. The summed E-state index contributed by atoms with van der Waals surface area (Å²) in [6, 6.07) is 17.4. The Labute approximate surface area is 159 Å². The largest absolute Gasteiger partial charge is 0.383 e. The van der Waals surface area contributed by atoms with Crippen molar-refractivity contribution in [1.29, 1.82) is 0 Å². The van der Waals surface area contributed by atoms with Gasteiger partial charge in [0.25, 0.3) is 0 Å². The fourth-order valence-corrected chi connectivity index (χ4v) is 3.75. The first kappa shape index (κ1) is 17.8. The van der Waals surface area contributed by atoms with Crippen molar-refractivity contribution in [1.82, 2.24) is 25.1 Å². The molecule has 2 aromatic carbocycles. The summed E-state index contributed by atoms with van der Waals surface area (Å²) in [4.78, 5) is 2.47. The molecule has 0 N–H and O–H groups in total. The van der Waals surface area contributed by atoms with Gasteiger partial charge in [-0.2, -0.15) is 0 Å². The number of methoxy groups -OCH3 is 1. The highest BCUT2D eigenvalue weighted by Gasteiger charge is 2.30. The molecule has 3 aromatic rings. The third-order valence-electron chi connectivity index (χ3n) is 5.23. The van der Waals surface area contributed by atoms with Crippen LogP contribution in [0.25, 0.3) is 0 Å². The van der Waals surface area contributed by atoms with Crippen LogP contribution in [-0.2, 0) is 24.2 Å². The van der Waals surface area contributed by atoms with Gasteiger partial charge in [-0.3, -0.25) is 4.90 Å². The fraction of sp³-hybridized carbons (Fsp3) is 0.381. The van der Waals surface area contributed by atoms with E-state index < -0.39 is 0 Å². The maximum atomic E-state index is 5.23. The molecule has 1 aromatic heterocycles. The summed E-state index contributed by atoms with van der Waals surface area (Å²) in [6.07, 6.45) is 1.04. The van der Waals surface area contributed by atoms with E-state index in [9.17, 15) is 0 Å². The quantitative estimate of drug-likeness (QED) is 0.674. The van der Waals surface area contributed by atoms with Gasteiger partial charge < -0.3 is 4.74 Å². The average molecular weight is 363 g/mol. The summed E-state index contributed by atoms with van der Waals surface area (Å²) in [5, 5.41) is 12.6. The second kappa shape index (κ2) is 7.98. The molecule has 6 nitrogen and oxygen atoms in total. The third kappa shape index (κ3) is 3.77. The Morgan fingerprint density at radius 2 is 1.85 bits per heavy atom. The molecule has 0 unspecified atom stereocenters. The van der Waals surface area contributed by atoms with Crippen LogP contribution in [-0.4, -0.2) is 45.4 Å². The van der Waals surface area contributed by atoms with Gasteiger partial charge in [-0.25, -0.2) is 4.68 Å². The second-order valence-corrected chi connectivity index (χ2v) is 7.06. The van der Waals surface area contributed by atoms with Gasteiger partial charge in [0.15, 0.2) is 5.82 Å². The summed E-state index contributed by atoms with van der Waals surface area (Å²) in [6.45, 7) is 5.21. The Balaban J connectivity index is 1.71. The van der Waals surface area contributed by atoms with E-state index in [1.165, 1.54) is 22.3 Å². The van der Waals surface area contributed by atoms with Crippen molar-refractivity contribution in [3.63, 3.8) is 0 Å². The van der Waals surface area contributed by atoms with Crippen molar-refractivity contribution >= 4 is 0 Å². The molecule has 1 aliphatic rings. The number of aryl methyl sites for hydroxylation is 1. The van der Waals surface area contributed by atoms with Crippen LogP contribution in [0.3, 0.4) is 0 Å². The number of hydrogen-bond donors (Lipinski definition) is 0. The zero-order valence-corrected chi connectivity index (χ0v) is 15.9. The van der Waals surface area contributed by atoms with Crippen LogP contribution >= 0.6 is 0 Å². The van der Waals surface area contributed by atoms with Crippen LogP contribution in [0.1, 0.15) is 34.1 Å². The molecule has 4 rings (SSSR count). The lowest BCUT2D eigenvalue weighted by Gasteiger charge is -2.35. The number of fused-ring (bicyclic) bond motifs is 1. The molecule has 6 heteroatoms. The Morgan fingerprint density at radius 1 is 1.07 bits per heavy atom. The minimum absolute atomic E-state index is 0.0193. The number of ether oxygens (including phenoxy) is 1. The number of hydrogen-bond acceptors (Lipinski definition) is 5. The van der Waals surface area contributed by atoms with Crippen molar-refractivity contribution in [3.05, 3.63) is 76.6 Å². The number of benzene rings is 2. The van der Waals surface area contributed by atoms with Gasteiger partial charge in [0.2, 0.25) is 0 Å². The van der Waals surface area contributed by atoms with E-state index in [-0.39, 0.29) is 6.04 Å². The molecule has 0 spiro atoms. The first-order valence-electron chi connectivity index (χ1n) is 9.38.